The number of carboxylic acids is 1. The predicted molar refractivity (Wildman–Crippen MR) is 148 cm³/mol. The van der Waals surface area contributed by atoms with Crippen molar-refractivity contribution in [2.24, 2.45) is 0 Å². The number of aliphatic carboxylic acids is 1. The van der Waals surface area contributed by atoms with Crippen molar-refractivity contribution in [3.05, 3.63) is 94.7 Å². The third kappa shape index (κ3) is 4.48. The second-order valence-electron chi connectivity index (χ2n) is 10.5. The van der Waals surface area contributed by atoms with Gasteiger partial charge in [0.2, 0.25) is 0 Å². The van der Waals surface area contributed by atoms with Gasteiger partial charge in [0.1, 0.15) is 17.5 Å². The smallest absolute Gasteiger partial charge is 0.412 e. The van der Waals surface area contributed by atoms with E-state index >= 15 is 0 Å². The first-order chi connectivity index (χ1) is 18.9. The molecule has 0 spiro atoms. The van der Waals surface area contributed by atoms with Crippen LogP contribution in [0.15, 0.2) is 71.3 Å². The summed E-state index contributed by atoms with van der Waals surface area (Å²) in [5, 5.41) is 16.6. The number of fused-ring (bicyclic) bond motifs is 1. The molecule has 4 aromatic rings. The largest absolute Gasteiger partial charge is 0.481 e. The van der Waals surface area contributed by atoms with Gasteiger partial charge in [-0.15, -0.1) is 0 Å². The molecule has 198 valence electrons. The summed E-state index contributed by atoms with van der Waals surface area (Å²) in [6.07, 6.45) is 3.26. The number of carboxylic acid groups (broad SMARTS) is 1. The number of hydrogen-bond donors (Lipinski definition) is 2. The number of nitrogens with one attached hydrogen (secondary N) is 1. The molecule has 1 atom stereocenters. The fourth-order valence-corrected chi connectivity index (χ4v) is 5.69. The standard InChI is InChI=1S/C32H30N2O5/c1-19-28(33-31(37)38-20(2)21-7-4-3-5-8-21)29(39-34-19)27-16-15-24(25-9-6-10-26(25)27)22-11-13-23(14-12-22)32(17-18-32)30(35)36/h3-5,7-8,11-16,20H,6,9-10,17-18H2,1-2H3,(H,33,37)(H,35,36). The number of aryl methyl sites for hydroxylation is 1. The fraction of sp³-hybridized carbons (Fsp3) is 0.281. The third-order valence-corrected chi connectivity index (χ3v) is 8.08. The highest BCUT2D eigenvalue weighted by Crippen LogP contribution is 2.49. The minimum atomic E-state index is -0.745. The summed E-state index contributed by atoms with van der Waals surface area (Å²) in [5.74, 6) is -0.223. The summed E-state index contributed by atoms with van der Waals surface area (Å²) >= 11 is 0. The van der Waals surface area contributed by atoms with Crippen molar-refractivity contribution in [3.8, 4) is 22.5 Å². The lowest BCUT2D eigenvalue weighted by Crippen LogP contribution is -2.19. The van der Waals surface area contributed by atoms with Crippen LogP contribution in [0.5, 0.6) is 0 Å². The fourth-order valence-electron chi connectivity index (χ4n) is 5.69. The molecule has 7 nitrogen and oxygen atoms in total. The first-order valence-corrected chi connectivity index (χ1v) is 13.4. The van der Waals surface area contributed by atoms with Gasteiger partial charge in [-0.05, 0) is 79.3 Å². The third-order valence-electron chi connectivity index (χ3n) is 8.08. The summed E-state index contributed by atoms with van der Waals surface area (Å²) in [6.45, 7) is 3.63. The predicted octanol–water partition coefficient (Wildman–Crippen LogP) is 7.23. The molecule has 6 rings (SSSR count). The van der Waals surface area contributed by atoms with Crippen LogP contribution in [0.3, 0.4) is 0 Å². The normalized spacial score (nSPS) is 15.8. The SMILES string of the molecule is Cc1noc(-c2ccc(-c3ccc(C4(C(=O)O)CC4)cc3)c3c2CCC3)c1NC(=O)OC(C)c1ccccc1. The number of benzene rings is 3. The van der Waals surface area contributed by atoms with Crippen molar-refractivity contribution in [1.82, 2.24) is 5.16 Å². The van der Waals surface area contributed by atoms with Gasteiger partial charge >= 0.3 is 12.1 Å². The lowest BCUT2D eigenvalue weighted by molar-refractivity contribution is -0.140. The number of aromatic nitrogens is 1. The Hall–Kier alpha value is -4.39. The molecule has 1 amide bonds. The zero-order valence-electron chi connectivity index (χ0n) is 22.0. The molecule has 1 fully saturated rings. The first-order valence-electron chi connectivity index (χ1n) is 13.4. The minimum Gasteiger partial charge on any atom is -0.481 e. The molecule has 3 aromatic carbocycles. The van der Waals surface area contributed by atoms with Gasteiger partial charge < -0.3 is 14.4 Å². The Kier molecular flexibility index (Phi) is 6.22. The van der Waals surface area contributed by atoms with Crippen LogP contribution in [-0.2, 0) is 27.8 Å². The number of amides is 1. The van der Waals surface area contributed by atoms with Crippen LogP contribution in [0, 0.1) is 6.92 Å². The topological polar surface area (TPSA) is 102 Å². The summed E-state index contributed by atoms with van der Waals surface area (Å²) in [4.78, 5) is 24.5. The Balaban J connectivity index is 1.27. The van der Waals surface area contributed by atoms with E-state index in [-0.39, 0.29) is 0 Å². The van der Waals surface area contributed by atoms with Crippen LogP contribution in [0.25, 0.3) is 22.5 Å². The van der Waals surface area contributed by atoms with E-state index in [0.29, 0.717) is 30.0 Å². The van der Waals surface area contributed by atoms with Crippen molar-refractivity contribution in [1.29, 1.82) is 0 Å². The molecular weight excluding hydrogens is 492 g/mol. The van der Waals surface area contributed by atoms with E-state index in [9.17, 15) is 14.7 Å². The number of carbonyl (C=O) groups is 2. The van der Waals surface area contributed by atoms with Gasteiger partial charge in [-0.25, -0.2) is 4.79 Å². The van der Waals surface area contributed by atoms with Crippen molar-refractivity contribution >= 4 is 17.7 Å². The number of nitrogens with zero attached hydrogens (tertiary/aromatic N) is 1. The molecule has 0 radical (unpaired) electrons. The molecule has 1 aromatic heterocycles. The summed E-state index contributed by atoms with van der Waals surface area (Å²) < 4.78 is 11.4. The Bertz CT molecular complexity index is 1550. The van der Waals surface area contributed by atoms with E-state index in [1.54, 1.807) is 6.92 Å². The Labute approximate surface area is 226 Å². The molecule has 1 heterocycles. The Morgan fingerprint density at radius 2 is 1.64 bits per heavy atom. The first kappa shape index (κ1) is 24.9. The van der Waals surface area contributed by atoms with Gasteiger partial charge in [0.25, 0.3) is 0 Å². The van der Waals surface area contributed by atoms with Crippen LogP contribution in [0.4, 0.5) is 10.5 Å². The van der Waals surface area contributed by atoms with E-state index in [1.807, 2.05) is 67.6 Å². The summed E-state index contributed by atoms with van der Waals surface area (Å²) in [7, 11) is 0. The average Bonchev–Trinajstić information content (AvgIpc) is 3.49. The molecule has 2 aliphatic carbocycles. The molecule has 2 aliphatic rings. The van der Waals surface area contributed by atoms with Crippen LogP contribution >= 0.6 is 0 Å². The summed E-state index contributed by atoms with van der Waals surface area (Å²) in [6, 6.07) is 21.6. The van der Waals surface area contributed by atoms with Gasteiger partial charge in [-0.2, -0.15) is 0 Å². The van der Waals surface area contributed by atoms with Gasteiger partial charge in [0.15, 0.2) is 5.76 Å². The lowest BCUT2D eigenvalue weighted by atomic mass is 9.90. The number of ether oxygens (including phenoxy) is 1. The number of hydrogen-bond acceptors (Lipinski definition) is 5. The Morgan fingerprint density at radius 3 is 2.31 bits per heavy atom. The molecule has 0 aliphatic heterocycles. The van der Waals surface area contributed by atoms with Gasteiger partial charge in [0.05, 0.1) is 5.41 Å². The minimum absolute atomic E-state index is 0.407. The van der Waals surface area contributed by atoms with Crippen LogP contribution in [-0.4, -0.2) is 22.3 Å². The van der Waals surface area contributed by atoms with E-state index in [1.165, 1.54) is 11.1 Å². The Morgan fingerprint density at radius 1 is 0.974 bits per heavy atom. The maximum Gasteiger partial charge on any atom is 0.412 e. The number of rotatable bonds is 7. The highest BCUT2D eigenvalue weighted by atomic mass is 16.6. The maximum atomic E-state index is 12.8. The second-order valence-corrected chi connectivity index (χ2v) is 10.5. The zero-order valence-corrected chi connectivity index (χ0v) is 22.0. The van der Waals surface area contributed by atoms with Crippen molar-refractivity contribution in [3.63, 3.8) is 0 Å². The molecule has 2 N–H and O–H groups in total. The molecule has 0 bridgehead atoms. The second kappa shape index (κ2) is 9.73. The van der Waals surface area contributed by atoms with Crippen molar-refractivity contribution < 1.29 is 24.0 Å². The molecular formula is C32H30N2O5. The molecule has 7 heteroatoms. The molecule has 1 unspecified atom stereocenters. The number of carbonyl (C=O) groups excluding carboxylic acids is 1. The van der Waals surface area contributed by atoms with Crippen molar-refractivity contribution in [2.45, 2.75) is 57.5 Å². The summed E-state index contributed by atoms with van der Waals surface area (Å²) in [5.41, 5.74) is 7.71. The van der Waals surface area contributed by atoms with Gasteiger partial charge in [-0.3, -0.25) is 10.1 Å². The van der Waals surface area contributed by atoms with Crippen molar-refractivity contribution in [2.75, 3.05) is 5.32 Å². The van der Waals surface area contributed by atoms with E-state index in [0.717, 1.165) is 47.1 Å². The number of anilines is 1. The molecule has 1 saturated carbocycles. The van der Waals surface area contributed by atoms with E-state index in [4.69, 9.17) is 9.26 Å². The highest BCUT2D eigenvalue weighted by molar-refractivity contribution is 5.92. The molecule has 0 saturated heterocycles. The van der Waals surface area contributed by atoms with Crippen LogP contribution < -0.4 is 5.32 Å². The quantitative estimate of drug-likeness (QED) is 0.265. The average molecular weight is 523 g/mol. The van der Waals surface area contributed by atoms with E-state index in [2.05, 4.69) is 16.5 Å². The maximum absolute atomic E-state index is 12.8. The van der Waals surface area contributed by atoms with Crippen LogP contribution in [0.1, 0.15) is 60.2 Å². The van der Waals surface area contributed by atoms with Crippen LogP contribution in [0.2, 0.25) is 0 Å². The monoisotopic (exact) mass is 522 g/mol. The highest BCUT2D eigenvalue weighted by Gasteiger charge is 2.51. The molecule has 39 heavy (non-hydrogen) atoms. The van der Waals surface area contributed by atoms with E-state index < -0.39 is 23.6 Å². The van der Waals surface area contributed by atoms with Gasteiger partial charge in [0, 0.05) is 5.56 Å². The zero-order chi connectivity index (χ0) is 27.1. The van der Waals surface area contributed by atoms with Gasteiger partial charge in [-0.1, -0.05) is 71.9 Å². The lowest BCUT2D eigenvalue weighted by Gasteiger charge is -2.16.